The number of nitrogens with zero attached hydrogens (tertiary/aromatic N) is 1. The summed E-state index contributed by atoms with van der Waals surface area (Å²) in [5.41, 5.74) is 15.1. The summed E-state index contributed by atoms with van der Waals surface area (Å²) in [7, 11) is 0. The van der Waals surface area contributed by atoms with Gasteiger partial charge in [-0.2, -0.15) is 5.10 Å². The molecule has 0 saturated heterocycles. The average molecular weight is 514 g/mol. The number of rotatable bonds is 6. The Labute approximate surface area is 219 Å². The van der Waals surface area contributed by atoms with Gasteiger partial charge >= 0.3 is 0 Å². The van der Waals surface area contributed by atoms with Crippen LogP contribution in [0, 0.1) is 13.8 Å². The quantitative estimate of drug-likeness (QED) is 0.156. The maximum Gasteiger partial charge on any atom is 0.184 e. The highest BCUT2D eigenvalue weighted by Gasteiger charge is 2.22. The number of benzene rings is 2. The first kappa shape index (κ1) is 23.7. The largest absolute Gasteiger partial charge is 0.375 e. The predicted octanol–water partition coefficient (Wildman–Crippen LogP) is 8.01. The number of thiophene rings is 2. The summed E-state index contributed by atoms with van der Waals surface area (Å²) in [6.45, 7) is 4.44. The van der Waals surface area contributed by atoms with Crippen molar-refractivity contribution in [2.45, 2.75) is 33.1 Å². The molecule has 35 heavy (non-hydrogen) atoms. The minimum atomic E-state index is 0.175. The summed E-state index contributed by atoms with van der Waals surface area (Å²) in [4.78, 5) is 5.09. The molecule has 1 aliphatic carbocycles. The molecule has 2 heterocycles. The van der Waals surface area contributed by atoms with E-state index in [2.05, 4.69) is 91.1 Å². The molecule has 0 atom stereocenters. The first-order valence-corrected chi connectivity index (χ1v) is 13.7. The van der Waals surface area contributed by atoms with Crippen LogP contribution in [0.4, 0.5) is 0 Å². The second-order valence-electron chi connectivity index (χ2n) is 8.68. The highest BCUT2D eigenvalue weighted by molar-refractivity contribution is 7.80. The van der Waals surface area contributed by atoms with Crippen LogP contribution in [-0.4, -0.2) is 11.3 Å². The zero-order chi connectivity index (χ0) is 24.4. The van der Waals surface area contributed by atoms with Crippen molar-refractivity contribution in [1.82, 2.24) is 5.43 Å². The number of nitrogens with two attached hydrogens (primary N) is 1. The standard InChI is InChI=1S/C29H27N3S3/c1-18-27(15-22(34-18)14-13-21-9-5-8-20-7-3-4-10-24(20)21)25-11-6-12-26(25)28-16-23(35-19(28)2)17-31-32-29(30)33/h3-5,7-10,13-17H,6,11-12H2,1-2H3,(H3,30,32,33)/b14-13+,31-17+. The van der Waals surface area contributed by atoms with E-state index in [0.717, 1.165) is 17.7 Å². The Balaban J connectivity index is 1.45. The third-order valence-corrected chi connectivity index (χ3v) is 8.45. The van der Waals surface area contributed by atoms with Gasteiger partial charge in [-0.1, -0.05) is 48.5 Å². The van der Waals surface area contributed by atoms with E-state index in [1.54, 1.807) is 17.6 Å². The molecule has 1 aliphatic rings. The van der Waals surface area contributed by atoms with Gasteiger partial charge in [-0.25, -0.2) is 0 Å². The molecule has 0 aliphatic heterocycles. The van der Waals surface area contributed by atoms with Crippen LogP contribution in [0.3, 0.4) is 0 Å². The highest BCUT2D eigenvalue weighted by Crippen LogP contribution is 2.45. The fraction of sp³-hybridized carbons (Fsp3) is 0.172. The van der Waals surface area contributed by atoms with Crippen molar-refractivity contribution in [1.29, 1.82) is 0 Å². The van der Waals surface area contributed by atoms with E-state index in [9.17, 15) is 0 Å². The lowest BCUT2D eigenvalue weighted by Gasteiger charge is -2.07. The fourth-order valence-corrected chi connectivity index (χ4v) is 6.76. The van der Waals surface area contributed by atoms with Crippen molar-refractivity contribution >= 4 is 80.3 Å². The number of hydrogen-bond acceptors (Lipinski definition) is 4. The molecule has 2 aromatic heterocycles. The number of hydrogen-bond donors (Lipinski definition) is 2. The molecule has 0 fully saturated rings. The molecule has 176 valence electrons. The highest BCUT2D eigenvalue weighted by atomic mass is 32.1. The number of allylic oxidation sites excluding steroid dienone is 2. The number of fused-ring (bicyclic) bond motifs is 1. The second-order valence-corrected chi connectivity index (χ2v) is 11.7. The number of hydrazone groups is 1. The van der Waals surface area contributed by atoms with Gasteiger partial charge in [0.2, 0.25) is 0 Å². The lowest BCUT2D eigenvalue weighted by molar-refractivity contribution is 0.941. The lowest BCUT2D eigenvalue weighted by Crippen LogP contribution is -2.23. The average Bonchev–Trinajstić information content (AvgIpc) is 3.55. The summed E-state index contributed by atoms with van der Waals surface area (Å²) < 4.78 is 0. The van der Waals surface area contributed by atoms with Crippen LogP contribution in [0.25, 0.3) is 34.1 Å². The molecule has 6 heteroatoms. The van der Waals surface area contributed by atoms with Gasteiger partial charge in [0.05, 0.1) is 6.21 Å². The van der Waals surface area contributed by atoms with Gasteiger partial charge in [-0.3, -0.25) is 5.43 Å². The minimum absolute atomic E-state index is 0.175. The zero-order valence-electron chi connectivity index (χ0n) is 19.8. The van der Waals surface area contributed by atoms with Crippen molar-refractivity contribution in [2.75, 3.05) is 0 Å². The van der Waals surface area contributed by atoms with Gasteiger partial charge in [0.1, 0.15) is 0 Å². The molecule has 5 rings (SSSR count). The smallest absolute Gasteiger partial charge is 0.184 e. The van der Waals surface area contributed by atoms with Gasteiger partial charge in [0, 0.05) is 19.5 Å². The van der Waals surface area contributed by atoms with Gasteiger partial charge < -0.3 is 5.73 Å². The second kappa shape index (κ2) is 10.3. The van der Waals surface area contributed by atoms with E-state index >= 15 is 0 Å². The third-order valence-electron chi connectivity index (χ3n) is 6.36. The van der Waals surface area contributed by atoms with Crippen LogP contribution >= 0.6 is 34.9 Å². The number of nitrogens with one attached hydrogen (secondary N) is 1. The summed E-state index contributed by atoms with van der Waals surface area (Å²) >= 11 is 8.45. The van der Waals surface area contributed by atoms with Gasteiger partial charge in [-0.05, 0) is 102 Å². The normalized spacial score (nSPS) is 14.1. The van der Waals surface area contributed by atoms with E-state index < -0.39 is 0 Å². The Bertz CT molecular complexity index is 1500. The summed E-state index contributed by atoms with van der Waals surface area (Å²) in [6, 6.07) is 19.7. The minimum Gasteiger partial charge on any atom is -0.375 e. The Morgan fingerprint density at radius 2 is 1.57 bits per heavy atom. The predicted molar refractivity (Wildman–Crippen MR) is 159 cm³/mol. The molecule has 0 unspecified atom stereocenters. The Kier molecular flexibility index (Phi) is 6.95. The lowest BCUT2D eigenvalue weighted by atomic mass is 9.97. The van der Waals surface area contributed by atoms with Gasteiger partial charge in [0.15, 0.2) is 5.11 Å². The topological polar surface area (TPSA) is 50.4 Å². The van der Waals surface area contributed by atoms with Crippen molar-refractivity contribution in [2.24, 2.45) is 10.8 Å². The Hall–Kier alpha value is -3.06. The van der Waals surface area contributed by atoms with Crippen LogP contribution in [0.1, 0.15) is 55.5 Å². The van der Waals surface area contributed by atoms with E-state index in [4.69, 9.17) is 18.0 Å². The molecule has 0 amide bonds. The van der Waals surface area contributed by atoms with E-state index in [1.165, 1.54) is 59.7 Å². The SMILES string of the molecule is Cc1sc(/C=C/c2cccc3ccccc23)cc1C1=C(c2cc(/C=N/NC(N)=S)sc2C)CCC1. The summed E-state index contributed by atoms with van der Waals surface area (Å²) in [5.74, 6) is 0. The van der Waals surface area contributed by atoms with E-state index in [-0.39, 0.29) is 5.11 Å². The molecule has 3 nitrogen and oxygen atoms in total. The van der Waals surface area contributed by atoms with Crippen LogP contribution in [0.15, 0.2) is 59.7 Å². The van der Waals surface area contributed by atoms with Gasteiger partial charge in [0.25, 0.3) is 0 Å². The molecule has 4 aromatic rings. The Morgan fingerprint density at radius 1 is 0.914 bits per heavy atom. The summed E-state index contributed by atoms with van der Waals surface area (Å²) in [5, 5.41) is 6.87. The molecule has 3 N–H and O–H groups in total. The Morgan fingerprint density at radius 3 is 2.31 bits per heavy atom. The fourth-order valence-electron chi connectivity index (χ4n) is 4.82. The molecule has 0 radical (unpaired) electrons. The number of thiocarbonyl (C=S) groups is 1. The maximum absolute atomic E-state index is 5.47. The number of aryl methyl sites for hydroxylation is 2. The van der Waals surface area contributed by atoms with Crippen molar-refractivity contribution < 1.29 is 0 Å². The van der Waals surface area contributed by atoms with Gasteiger partial charge in [-0.15, -0.1) is 22.7 Å². The molecule has 0 saturated carbocycles. The van der Waals surface area contributed by atoms with Crippen LogP contribution < -0.4 is 11.2 Å². The summed E-state index contributed by atoms with van der Waals surface area (Å²) in [6.07, 6.45) is 9.74. The molecule has 0 bridgehead atoms. The maximum atomic E-state index is 5.47. The molecule has 2 aromatic carbocycles. The van der Waals surface area contributed by atoms with Crippen LogP contribution in [0.5, 0.6) is 0 Å². The van der Waals surface area contributed by atoms with Crippen molar-refractivity contribution in [3.63, 3.8) is 0 Å². The third kappa shape index (κ3) is 5.15. The van der Waals surface area contributed by atoms with Crippen LogP contribution in [0.2, 0.25) is 0 Å². The van der Waals surface area contributed by atoms with Crippen molar-refractivity contribution in [3.05, 3.63) is 90.8 Å². The monoisotopic (exact) mass is 513 g/mol. The van der Waals surface area contributed by atoms with Crippen LogP contribution in [-0.2, 0) is 0 Å². The van der Waals surface area contributed by atoms with Crippen molar-refractivity contribution in [3.8, 4) is 0 Å². The molecular weight excluding hydrogens is 487 g/mol. The van der Waals surface area contributed by atoms with E-state index in [0.29, 0.717) is 0 Å². The zero-order valence-corrected chi connectivity index (χ0v) is 22.2. The molecule has 0 spiro atoms. The van der Waals surface area contributed by atoms with E-state index in [1.807, 2.05) is 11.3 Å². The first-order valence-electron chi connectivity index (χ1n) is 11.7. The molecular formula is C29H27N3S3. The first-order chi connectivity index (χ1) is 17.0.